The topological polar surface area (TPSA) is 41.5 Å². The fourth-order valence-corrected chi connectivity index (χ4v) is 2.21. The van der Waals surface area contributed by atoms with Crippen molar-refractivity contribution in [3.8, 4) is 5.75 Å². The normalized spacial score (nSPS) is 22.1. The maximum Gasteiger partial charge on any atom is 0.119 e. The van der Waals surface area contributed by atoms with Crippen molar-refractivity contribution < 1.29 is 9.84 Å². The van der Waals surface area contributed by atoms with Crippen molar-refractivity contribution in [1.82, 2.24) is 5.32 Å². The summed E-state index contributed by atoms with van der Waals surface area (Å²) in [6.45, 7) is 3.40. The molecule has 2 rings (SSSR count). The van der Waals surface area contributed by atoms with E-state index < -0.39 is 6.10 Å². The molecular weight excluding hydrogens is 214 g/mol. The Kier molecular flexibility index (Phi) is 4.40. The van der Waals surface area contributed by atoms with Crippen molar-refractivity contribution in [1.29, 1.82) is 0 Å². The van der Waals surface area contributed by atoms with Gasteiger partial charge >= 0.3 is 0 Å². The van der Waals surface area contributed by atoms with Crippen molar-refractivity contribution in [3.63, 3.8) is 0 Å². The summed E-state index contributed by atoms with van der Waals surface area (Å²) in [5, 5.41) is 13.4. The number of ether oxygens (including phenoxy) is 1. The van der Waals surface area contributed by atoms with Crippen LogP contribution in [0.1, 0.15) is 24.8 Å². The molecule has 2 atom stereocenters. The van der Waals surface area contributed by atoms with Crippen LogP contribution in [0.25, 0.3) is 0 Å². The second-order valence-electron chi connectivity index (χ2n) is 4.75. The van der Waals surface area contributed by atoms with Crippen molar-refractivity contribution >= 4 is 0 Å². The highest BCUT2D eigenvalue weighted by Crippen LogP contribution is 2.15. The molecule has 0 bridgehead atoms. The van der Waals surface area contributed by atoms with E-state index in [2.05, 4.69) is 5.32 Å². The number of aryl methyl sites for hydroxylation is 1. The van der Waals surface area contributed by atoms with E-state index in [-0.39, 0.29) is 6.04 Å². The van der Waals surface area contributed by atoms with Crippen molar-refractivity contribution in [2.45, 2.75) is 38.3 Å². The van der Waals surface area contributed by atoms with E-state index in [9.17, 15) is 5.11 Å². The summed E-state index contributed by atoms with van der Waals surface area (Å²) >= 11 is 0. The Morgan fingerprint density at radius 2 is 2.35 bits per heavy atom. The lowest BCUT2D eigenvalue weighted by atomic mass is 10.0. The van der Waals surface area contributed by atoms with Crippen LogP contribution in [0, 0.1) is 6.92 Å². The predicted molar refractivity (Wildman–Crippen MR) is 68.3 cm³/mol. The van der Waals surface area contributed by atoms with E-state index in [0.29, 0.717) is 6.61 Å². The Balaban J connectivity index is 1.80. The fraction of sp³-hybridized carbons (Fsp3) is 0.571. The lowest BCUT2D eigenvalue weighted by Gasteiger charge is -2.27. The minimum Gasteiger partial charge on any atom is -0.491 e. The molecule has 1 aliphatic heterocycles. The molecule has 0 aliphatic carbocycles. The number of aliphatic hydroxyl groups is 1. The number of hydrogen-bond donors (Lipinski definition) is 2. The van der Waals surface area contributed by atoms with E-state index in [0.717, 1.165) is 18.7 Å². The van der Waals surface area contributed by atoms with Gasteiger partial charge in [0.15, 0.2) is 0 Å². The zero-order chi connectivity index (χ0) is 12.1. The first-order valence-corrected chi connectivity index (χ1v) is 6.36. The molecule has 1 fully saturated rings. The van der Waals surface area contributed by atoms with Crippen LogP contribution in [0.4, 0.5) is 0 Å². The van der Waals surface area contributed by atoms with Gasteiger partial charge in [-0.05, 0) is 44.0 Å². The molecule has 1 aliphatic rings. The van der Waals surface area contributed by atoms with Crippen LogP contribution in [0.2, 0.25) is 0 Å². The molecule has 2 N–H and O–H groups in total. The largest absolute Gasteiger partial charge is 0.491 e. The first-order chi connectivity index (χ1) is 8.25. The molecule has 3 nitrogen and oxygen atoms in total. The van der Waals surface area contributed by atoms with E-state index in [1.54, 1.807) is 0 Å². The standard InChI is InChI=1S/C14H21NO2/c1-11-5-4-6-12(9-11)17-10-14(16)13-7-2-3-8-15-13/h4-6,9,13-16H,2-3,7-8,10H2,1H3/t13-,14+/m1/s1. The summed E-state index contributed by atoms with van der Waals surface area (Å²) in [5.41, 5.74) is 1.17. The van der Waals surface area contributed by atoms with Crippen LogP contribution in [-0.2, 0) is 0 Å². The second kappa shape index (κ2) is 6.03. The van der Waals surface area contributed by atoms with Gasteiger partial charge in [-0.1, -0.05) is 18.6 Å². The van der Waals surface area contributed by atoms with Gasteiger partial charge in [0.25, 0.3) is 0 Å². The van der Waals surface area contributed by atoms with Gasteiger partial charge in [-0.3, -0.25) is 0 Å². The first-order valence-electron chi connectivity index (χ1n) is 6.36. The van der Waals surface area contributed by atoms with Crippen LogP contribution in [-0.4, -0.2) is 30.4 Å². The highest BCUT2D eigenvalue weighted by atomic mass is 16.5. The molecule has 94 valence electrons. The molecule has 3 heteroatoms. The van der Waals surface area contributed by atoms with Crippen LogP contribution >= 0.6 is 0 Å². The minimum atomic E-state index is -0.421. The van der Waals surface area contributed by atoms with Crippen LogP contribution in [0.15, 0.2) is 24.3 Å². The molecule has 0 aromatic heterocycles. The Bertz CT molecular complexity index is 348. The molecule has 1 aromatic rings. The third-order valence-corrected chi connectivity index (χ3v) is 3.22. The predicted octanol–water partition coefficient (Wildman–Crippen LogP) is 1.88. The Morgan fingerprint density at radius 1 is 1.47 bits per heavy atom. The van der Waals surface area contributed by atoms with Gasteiger partial charge in [-0.15, -0.1) is 0 Å². The van der Waals surface area contributed by atoms with Crippen molar-refractivity contribution in [2.75, 3.05) is 13.2 Å². The molecule has 0 radical (unpaired) electrons. The van der Waals surface area contributed by atoms with Gasteiger partial charge < -0.3 is 15.2 Å². The lowest BCUT2D eigenvalue weighted by molar-refractivity contribution is 0.0639. The van der Waals surface area contributed by atoms with Crippen LogP contribution in [0.5, 0.6) is 5.75 Å². The van der Waals surface area contributed by atoms with Crippen LogP contribution in [0.3, 0.4) is 0 Å². The molecule has 0 saturated carbocycles. The third-order valence-electron chi connectivity index (χ3n) is 3.22. The average Bonchev–Trinajstić information content (AvgIpc) is 2.37. The van der Waals surface area contributed by atoms with Gasteiger partial charge in [0, 0.05) is 6.04 Å². The Morgan fingerprint density at radius 3 is 3.06 bits per heavy atom. The number of piperidine rings is 1. The van der Waals surface area contributed by atoms with Gasteiger partial charge in [0.1, 0.15) is 18.5 Å². The Labute approximate surface area is 103 Å². The highest BCUT2D eigenvalue weighted by Gasteiger charge is 2.21. The van der Waals surface area contributed by atoms with Crippen LogP contribution < -0.4 is 10.1 Å². The summed E-state index contributed by atoms with van der Waals surface area (Å²) in [7, 11) is 0. The smallest absolute Gasteiger partial charge is 0.119 e. The fourth-order valence-electron chi connectivity index (χ4n) is 2.21. The number of rotatable bonds is 4. The first kappa shape index (κ1) is 12.4. The zero-order valence-corrected chi connectivity index (χ0v) is 10.4. The number of aliphatic hydroxyl groups excluding tert-OH is 1. The Hall–Kier alpha value is -1.06. The number of nitrogens with one attached hydrogen (secondary N) is 1. The monoisotopic (exact) mass is 235 g/mol. The zero-order valence-electron chi connectivity index (χ0n) is 10.4. The summed E-state index contributed by atoms with van der Waals surface area (Å²) < 4.78 is 5.61. The molecule has 0 spiro atoms. The van der Waals surface area contributed by atoms with Crippen molar-refractivity contribution in [3.05, 3.63) is 29.8 Å². The van der Waals surface area contributed by atoms with Gasteiger partial charge in [0.05, 0.1) is 0 Å². The lowest BCUT2D eigenvalue weighted by Crippen LogP contribution is -2.45. The summed E-state index contributed by atoms with van der Waals surface area (Å²) in [6, 6.07) is 8.10. The quantitative estimate of drug-likeness (QED) is 0.837. The summed E-state index contributed by atoms with van der Waals surface area (Å²) in [5.74, 6) is 0.833. The molecule has 0 unspecified atom stereocenters. The number of hydrogen-bond acceptors (Lipinski definition) is 3. The molecule has 17 heavy (non-hydrogen) atoms. The maximum absolute atomic E-state index is 10.0. The van der Waals surface area contributed by atoms with E-state index in [4.69, 9.17) is 4.74 Å². The van der Waals surface area contributed by atoms with Crippen molar-refractivity contribution in [2.24, 2.45) is 0 Å². The molecule has 0 amide bonds. The van der Waals surface area contributed by atoms with E-state index in [1.807, 2.05) is 31.2 Å². The molecule has 1 saturated heterocycles. The SMILES string of the molecule is Cc1cccc(OC[C@H](O)[C@H]2CCCCN2)c1. The summed E-state index contributed by atoms with van der Waals surface area (Å²) in [6.07, 6.45) is 3.02. The highest BCUT2D eigenvalue weighted by molar-refractivity contribution is 5.27. The molecule has 1 heterocycles. The minimum absolute atomic E-state index is 0.188. The second-order valence-corrected chi connectivity index (χ2v) is 4.75. The van der Waals surface area contributed by atoms with E-state index >= 15 is 0 Å². The van der Waals surface area contributed by atoms with Gasteiger partial charge in [-0.2, -0.15) is 0 Å². The molecule has 1 aromatic carbocycles. The molecular formula is C14H21NO2. The number of benzene rings is 1. The average molecular weight is 235 g/mol. The maximum atomic E-state index is 10.0. The summed E-state index contributed by atoms with van der Waals surface area (Å²) in [4.78, 5) is 0. The van der Waals surface area contributed by atoms with Gasteiger partial charge in [-0.25, -0.2) is 0 Å². The third kappa shape index (κ3) is 3.72. The van der Waals surface area contributed by atoms with Gasteiger partial charge in [0.2, 0.25) is 0 Å². The van der Waals surface area contributed by atoms with E-state index in [1.165, 1.54) is 18.4 Å².